The Labute approximate surface area is 130 Å². The Kier molecular flexibility index (Phi) is 5.35. The predicted molar refractivity (Wildman–Crippen MR) is 83.2 cm³/mol. The zero-order valence-electron chi connectivity index (χ0n) is 13.0. The molecule has 1 aliphatic rings. The van der Waals surface area contributed by atoms with Crippen molar-refractivity contribution in [2.75, 3.05) is 6.61 Å². The summed E-state index contributed by atoms with van der Waals surface area (Å²) >= 11 is 0. The van der Waals surface area contributed by atoms with Gasteiger partial charge in [0.25, 0.3) is 5.91 Å². The summed E-state index contributed by atoms with van der Waals surface area (Å²) in [6.45, 7) is 4.23. The van der Waals surface area contributed by atoms with Crippen LogP contribution < -0.4 is 10.1 Å². The molecule has 1 amide bonds. The molecule has 0 spiro atoms. The van der Waals surface area contributed by atoms with E-state index in [4.69, 9.17) is 4.74 Å². The minimum absolute atomic E-state index is 0.145. The van der Waals surface area contributed by atoms with Crippen LogP contribution in [-0.2, 0) is 0 Å². The molecular weight excluding hydrogens is 284 g/mol. The van der Waals surface area contributed by atoms with Gasteiger partial charge in [-0.1, -0.05) is 19.8 Å². The molecule has 2 atom stereocenters. The number of nitrogens with zero attached hydrogens (tertiary/aromatic N) is 1. The monoisotopic (exact) mass is 306 g/mol. The second-order valence-corrected chi connectivity index (χ2v) is 5.71. The highest BCUT2D eigenvalue weighted by atomic mass is 16.6. The molecule has 1 aromatic rings. The summed E-state index contributed by atoms with van der Waals surface area (Å²) in [6, 6.07) is 4.49. The lowest BCUT2D eigenvalue weighted by atomic mass is 9.86. The Balaban J connectivity index is 2.15. The standard InChI is InChI=1S/C16H22N2O4/c1-3-22-15-9-8-12(10-14(15)18(20)21)16(19)17-13-7-5-4-6-11(13)2/h8-11,13H,3-7H2,1-2H3,(H,17,19)/t11-,13+/m1/s1. The number of carbonyl (C=O) groups excluding carboxylic acids is 1. The quantitative estimate of drug-likeness (QED) is 0.668. The zero-order chi connectivity index (χ0) is 16.1. The maximum atomic E-state index is 12.3. The average molecular weight is 306 g/mol. The SMILES string of the molecule is CCOc1ccc(C(=O)N[C@H]2CCCC[C@H]2C)cc1[N+](=O)[O-]. The van der Waals surface area contributed by atoms with Crippen LogP contribution in [0, 0.1) is 16.0 Å². The summed E-state index contributed by atoms with van der Waals surface area (Å²) in [4.78, 5) is 22.9. The number of ether oxygens (including phenoxy) is 1. The van der Waals surface area contributed by atoms with E-state index in [1.165, 1.54) is 18.6 Å². The Morgan fingerprint density at radius 1 is 1.41 bits per heavy atom. The largest absolute Gasteiger partial charge is 0.487 e. The minimum Gasteiger partial charge on any atom is -0.487 e. The molecule has 22 heavy (non-hydrogen) atoms. The number of rotatable bonds is 5. The van der Waals surface area contributed by atoms with Crippen LogP contribution in [0.5, 0.6) is 5.75 Å². The van der Waals surface area contributed by atoms with Crippen molar-refractivity contribution in [3.63, 3.8) is 0 Å². The van der Waals surface area contributed by atoms with Crippen molar-refractivity contribution < 1.29 is 14.5 Å². The molecule has 1 saturated carbocycles. The third-order valence-corrected chi connectivity index (χ3v) is 4.15. The van der Waals surface area contributed by atoms with E-state index in [2.05, 4.69) is 12.2 Å². The first-order chi connectivity index (χ1) is 10.5. The van der Waals surface area contributed by atoms with Crippen LogP contribution in [0.4, 0.5) is 5.69 Å². The molecule has 1 aliphatic carbocycles. The van der Waals surface area contributed by atoms with Crippen LogP contribution in [-0.4, -0.2) is 23.5 Å². The summed E-state index contributed by atoms with van der Waals surface area (Å²) in [5, 5.41) is 14.1. The van der Waals surface area contributed by atoms with Crippen LogP contribution in [0.15, 0.2) is 18.2 Å². The van der Waals surface area contributed by atoms with Gasteiger partial charge < -0.3 is 10.1 Å². The Bertz CT molecular complexity index is 559. The van der Waals surface area contributed by atoms with Crippen LogP contribution >= 0.6 is 0 Å². The van der Waals surface area contributed by atoms with Gasteiger partial charge in [-0.3, -0.25) is 14.9 Å². The summed E-state index contributed by atoms with van der Waals surface area (Å²) in [7, 11) is 0. The van der Waals surface area contributed by atoms with Crippen molar-refractivity contribution in [3.05, 3.63) is 33.9 Å². The fraction of sp³-hybridized carbons (Fsp3) is 0.562. The first kappa shape index (κ1) is 16.3. The number of hydrogen-bond donors (Lipinski definition) is 1. The van der Waals surface area contributed by atoms with Crippen LogP contribution in [0.1, 0.15) is 49.9 Å². The topological polar surface area (TPSA) is 81.5 Å². The molecule has 1 aromatic carbocycles. The lowest BCUT2D eigenvalue weighted by Gasteiger charge is -2.29. The van der Waals surface area contributed by atoms with E-state index in [-0.39, 0.29) is 23.4 Å². The van der Waals surface area contributed by atoms with Crippen molar-refractivity contribution in [2.24, 2.45) is 5.92 Å². The summed E-state index contributed by atoms with van der Waals surface area (Å²) < 4.78 is 5.23. The fourth-order valence-electron chi connectivity index (χ4n) is 2.86. The summed E-state index contributed by atoms with van der Waals surface area (Å²) in [5.41, 5.74) is 0.124. The van der Waals surface area contributed by atoms with Crippen molar-refractivity contribution in [1.29, 1.82) is 0 Å². The number of amides is 1. The zero-order valence-corrected chi connectivity index (χ0v) is 13.0. The van der Waals surface area contributed by atoms with E-state index in [9.17, 15) is 14.9 Å². The molecule has 0 unspecified atom stereocenters. The van der Waals surface area contributed by atoms with Crippen molar-refractivity contribution >= 4 is 11.6 Å². The molecule has 0 saturated heterocycles. The minimum atomic E-state index is -0.523. The Morgan fingerprint density at radius 3 is 2.77 bits per heavy atom. The Hall–Kier alpha value is -2.11. The van der Waals surface area contributed by atoms with Gasteiger partial charge in [-0.2, -0.15) is 0 Å². The summed E-state index contributed by atoms with van der Waals surface area (Å²) in [5.74, 6) is 0.371. The number of hydrogen-bond acceptors (Lipinski definition) is 4. The van der Waals surface area contributed by atoms with Gasteiger partial charge in [-0.15, -0.1) is 0 Å². The molecule has 6 nitrogen and oxygen atoms in total. The summed E-state index contributed by atoms with van der Waals surface area (Å²) in [6.07, 6.45) is 4.38. The van der Waals surface area contributed by atoms with Crippen LogP contribution in [0.25, 0.3) is 0 Å². The lowest BCUT2D eigenvalue weighted by Crippen LogP contribution is -2.41. The smallest absolute Gasteiger partial charge is 0.311 e. The molecule has 0 bridgehead atoms. The maximum absolute atomic E-state index is 12.3. The molecule has 1 N–H and O–H groups in total. The van der Waals surface area contributed by atoms with Crippen LogP contribution in [0.3, 0.4) is 0 Å². The molecule has 0 aromatic heterocycles. The molecule has 2 rings (SSSR count). The lowest BCUT2D eigenvalue weighted by molar-refractivity contribution is -0.385. The highest BCUT2D eigenvalue weighted by Gasteiger charge is 2.24. The average Bonchev–Trinajstić information content (AvgIpc) is 2.50. The van der Waals surface area contributed by atoms with Gasteiger partial charge in [-0.25, -0.2) is 0 Å². The van der Waals surface area contributed by atoms with Crippen molar-refractivity contribution in [2.45, 2.75) is 45.6 Å². The van der Waals surface area contributed by atoms with Crippen molar-refractivity contribution in [1.82, 2.24) is 5.32 Å². The molecular formula is C16H22N2O4. The molecule has 0 heterocycles. The molecule has 0 aliphatic heterocycles. The van der Waals surface area contributed by atoms with Gasteiger partial charge in [0.05, 0.1) is 11.5 Å². The van der Waals surface area contributed by atoms with Crippen LogP contribution in [0.2, 0.25) is 0 Å². The second-order valence-electron chi connectivity index (χ2n) is 5.71. The molecule has 1 fully saturated rings. The number of benzene rings is 1. The normalized spacial score (nSPS) is 21.2. The molecule has 120 valence electrons. The molecule has 6 heteroatoms. The Morgan fingerprint density at radius 2 is 2.14 bits per heavy atom. The third kappa shape index (κ3) is 3.75. The number of nitro groups is 1. The first-order valence-electron chi connectivity index (χ1n) is 7.75. The first-order valence-corrected chi connectivity index (χ1v) is 7.75. The highest BCUT2D eigenvalue weighted by molar-refractivity contribution is 5.95. The van der Waals surface area contributed by atoms with Gasteiger partial charge in [0, 0.05) is 17.7 Å². The second kappa shape index (κ2) is 7.24. The van der Waals surface area contributed by atoms with Crippen molar-refractivity contribution in [3.8, 4) is 5.75 Å². The predicted octanol–water partition coefficient (Wildman–Crippen LogP) is 3.30. The van der Waals surface area contributed by atoms with E-state index < -0.39 is 4.92 Å². The van der Waals surface area contributed by atoms with E-state index in [0.717, 1.165) is 19.3 Å². The van der Waals surface area contributed by atoms with Gasteiger partial charge in [0.1, 0.15) is 0 Å². The van der Waals surface area contributed by atoms with E-state index in [1.54, 1.807) is 13.0 Å². The number of nitro benzene ring substituents is 1. The number of nitrogens with one attached hydrogen (secondary N) is 1. The van der Waals surface area contributed by atoms with E-state index >= 15 is 0 Å². The van der Waals surface area contributed by atoms with Gasteiger partial charge >= 0.3 is 5.69 Å². The highest BCUT2D eigenvalue weighted by Crippen LogP contribution is 2.29. The van der Waals surface area contributed by atoms with E-state index in [1.807, 2.05) is 0 Å². The third-order valence-electron chi connectivity index (χ3n) is 4.15. The van der Waals surface area contributed by atoms with Gasteiger partial charge in [0.2, 0.25) is 0 Å². The van der Waals surface area contributed by atoms with E-state index in [0.29, 0.717) is 18.1 Å². The van der Waals surface area contributed by atoms with Gasteiger partial charge in [-0.05, 0) is 37.8 Å². The van der Waals surface area contributed by atoms with Gasteiger partial charge in [0.15, 0.2) is 5.75 Å². The number of carbonyl (C=O) groups is 1. The fourth-order valence-corrected chi connectivity index (χ4v) is 2.86. The maximum Gasteiger partial charge on any atom is 0.311 e. The molecule has 0 radical (unpaired) electrons.